The number of unbranched alkanes of at least 4 members (excludes halogenated alkanes) is 3. The van der Waals surface area contributed by atoms with E-state index in [0.717, 1.165) is 0 Å². The molecule has 0 aromatic heterocycles. The Hall–Kier alpha value is -1.21. The maximum Gasteiger partial charge on any atom is 0.407 e. The van der Waals surface area contributed by atoms with Gasteiger partial charge in [0.1, 0.15) is 4.90 Å². The lowest BCUT2D eigenvalue weighted by atomic mass is 10.1. The molecule has 0 unspecified atom stereocenters. The van der Waals surface area contributed by atoms with Crippen molar-refractivity contribution in [2.24, 2.45) is 0 Å². The molecule has 0 radical (unpaired) electrons. The summed E-state index contributed by atoms with van der Waals surface area (Å²) < 4.78 is 64.4. The third-order valence-corrected chi connectivity index (χ3v) is 5.12. The minimum Gasteiger partial charge on any atom is -0.450 e. The van der Waals surface area contributed by atoms with Gasteiger partial charge in [0, 0.05) is 5.54 Å². The van der Waals surface area contributed by atoms with Crippen LogP contribution in [0, 0.1) is 23.3 Å². The number of carbonyl (C=O) groups is 1. The number of hydrogen-bond acceptors (Lipinski definition) is 7. The van der Waals surface area contributed by atoms with Gasteiger partial charge in [-0.25, -0.2) is 27.6 Å². The van der Waals surface area contributed by atoms with Crippen LogP contribution in [0.25, 0.3) is 0 Å². The quantitative estimate of drug-likeness (QED) is 0.0814. The molecule has 0 aliphatic heterocycles. The number of benzene rings is 1. The van der Waals surface area contributed by atoms with E-state index in [1.807, 2.05) is 20.8 Å². The molecule has 0 atom stereocenters. The molecular weight excluding hydrogens is 438 g/mol. The lowest BCUT2D eigenvalue weighted by Crippen LogP contribution is -2.41. The summed E-state index contributed by atoms with van der Waals surface area (Å²) in [4.78, 5) is 9.58. The topological polar surface area (TPSA) is 77.0 Å². The minimum absolute atomic E-state index is 0.197. The molecule has 0 spiro atoms. The van der Waals surface area contributed by atoms with Crippen LogP contribution >= 0.6 is 23.8 Å². The van der Waals surface area contributed by atoms with Gasteiger partial charge in [-0.3, -0.25) is 0 Å². The second kappa shape index (κ2) is 12.5. The Bertz CT molecular complexity index is 660. The summed E-state index contributed by atoms with van der Waals surface area (Å²) in [5.41, 5.74) is -0.381. The van der Waals surface area contributed by atoms with E-state index in [2.05, 4.69) is 14.7 Å². The summed E-state index contributed by atoms with van der Waals surface area (Å²) in [5, 5.41) is 13.8. The van der Waals surface area contributed by atoms with Crippen molar-refractivity contribution < 1.29 is 41.7 Å². The van der Waals surface area contributed by atoms with Crippen LogP contribution in [0.1, 0.15) is 46.5 Å². The number of amides is 1. The van der Waals surface area contributed by atoms with Crippen LogP contribution in [-0.4, -0.2) is 29.2 Å². The van der Waals surface area contributed by atoms with E-state index in [1.54, 1.807) is 0 Å². The maximum atomic E-state index is 14.0. The number of alkyl carbamates (subject to hydrolysis) is 1. The van der Waals surface area contributed by atoms with Gasteiger partial charge >= 0.3 is 6.09 Å². The zero-order chi connectivity index (χ0) is 22.0. The van der Waals surface area contributed by atoms with Crippen LogP contribution in [-0.2, 0) is 14.1 Å². The average molecular weight is 461 g/mol. The normalized spacial score (nSPS) is 11.6. The van der Waals surface area contributed by atoms with Crippen LogP contribution in [0.3, 0.4) is 0 Å². The second-order valence-corrected chi connectivity index (χ2v) is 8.73. The number of nitrogens with one attached hydrogen (secondary N) is 1. The molecule has 0 heterocycles. The van der Waals surface area contributed by atoms with Crippen molar-refractivity contribution in [1.82, 2.24) is 5.32 Å². The van der Waals surface area contributed by atoms with E-state index in [1.165, 1.54) is 0 Å². The Morgan fingerprint density at radius 3 is 2.07 bits per heavy atom. The van der Waals surface area contributed by atoms with Gasteiger partial charge < -0.3 is 10.1 Å². The van der Waals surface area contributed by atoms with Gasteiger partial charge in [0.15, 0.2) is 23.3 Å². The van der Waals surface area contributed by atoms with Gasteiger partial charge in [0.2, 0.25) is 0 Å². The molecule has 0 bridgehead atoms. The van der Waals surface area contributed by atoms with Crippen molar-refractivity contribution in [3.8, 4) is 0 Å². The fourth-order valence-electron chi connectivity index (χ4n) is 2.08. The molecule has 166 valence electrons. The third kappa shape index (κ3) is 8.99. The van der Waals surface area contributed by atoms with Crippen LogP contribution in [0.5, 0.6) is 0 Å². The Balaban J connectivity index is 2.37. The van der Waals surface area contributed by atoms with E-state index in [9.17, 15) is 22.4 Å². The fourth-order valence-corrected chi connectivity index (χ4v) is 3.49. The molecule has 1 rings (SSSR count). The Kier molecular flexibility index (Phi) is 11.1. The number of thioether (sulfide) groups is 1. The van der Waals surface area contributed by atoms with Crippen molar-refractivity contribution in [3.05, 3.63) is 23.3 Å². The van der Waals surface area contributed by atoms with Crippen molar-refractivity contribution in [2.75, 3.05) is 12.4 Å². The van der Waals surface area contributed by atoms with Gasteiger partial charge in [-0.05, 0) is 39.4 Å². The first kappa shape index (κ1) is 25.8. The molecule has 6 nitrogen and oxygen atoms in total. The summed E-state index contributed by atoms with van der Waals surface area (Å²) >= 11 is 0.457. The van der Waals surface area contributed by atoms with Crippen LogP contribution < -0.4 is 5.32 Å². The smallest absolute Gasteiger partial charge is 0.407 e. The molecular formula is C17H23F4NO5S2. The number of carbonyl (C=O) groups excluding carboxylic acids is 1. The Morgan fingerprint density at radius 1 is 0.966 bits per heavy atom. The zero-order valence-corrected chi connectivity index (χ0v) is 17.8. The molecule has 2 N–H and O–H groups in total. The number of rotatable bonds is 11. The predicted molar refractivity (Wildman–Crippen MR) is 100 cm³/mol. The second-order valence-electron chi connectivity index (χ2n) is 6.91. The van der Waals surface area contributed by atoms with Crippen molar-refractivity contribution in [2.45, 2.75) is 61.8 Å². The fraction of sp³-hybridized carbons (Fsp3) is 0.588. The van der Waals surface area contributed by atoms with Crippen LogP contribution in [0.4, 0.5) is 22.4 Å². The summed E-state index contributed by atoms with van der Waals surface area (Å²) in [6, 6.07) is 0. The number of ether oxygens (including phenoxy) is 1. The minimum atomic E-state index is -1.64. The van der Waals surface area contributed by atoms with E-state index >= 15 is 0 Å². The molecule has 12 heteroatoms. The molecule has 0 saturated carbocycles. The summed E-state index contributed by atoms with van der Waals surface area (Å²) in [7, 11) is 0. The zero-order valence-electron chi connectivity index (χ0n) is 16.2. The highest BCUT2D eigenvalue weighted by molar-refractivity contribution is 7.99. The van der Waals surface area contributed by atoms with E-state index in [0.29, 0.717) is 37.4 Å². The maximum absolute atomic E-state index is 14.0. The lowest BCUT2D eigenvalue weighted by molar-refractivity contribution is -0.432. The van der Waals surface area contributed by atoms with E-state index < -0.39 is 39.2 Å². The molecule has 1 aromatic rings. The highest BCUT2D eigenvalue weighted by Crippen LogP contribution is 2.36. The van der Waals surface area contributed by atoms with Gasteiger partial charge in [-0.2, -0.15) is 0 Å². The Labute approximate surface area is 174 Å². The monoisotopic (exact) mass is 461 g/mol. The largest absolute Gasteiger partial charge is 0.450 e. The van der Waals surface area contributed by atoms with Crippen LogP contribution in [0.15, 0.2) is 9.79 Å². The molecule has 0 fully saturated rings. The lowest BCUT2D eigenvalue weighted by Gasteiger charge is -2.19. The standard InChI is InChI=1S/C17H23F4NO5S2/c1-17(2,3)22-16(23)25-8-6-4-5-7-9-28-14-10(18)12(20)15(29-27-26-24)13(21)11(14)19/h24H,4-9H2,1-3H3,(H,22,23). The first-order valence-electron chi connectivity index (χ1n) is 8.67. The van der Waals surface area contributed by atoms with E-state index in [4.69, 9.17) is 9.99 Å². The first-order chi connectivity index (χ1) is 13.6. The van der Waals surface area contributed by atoms with E-state index in [-0.39, 0.29) is 29.9 Å². The molecule has 29 heavy (non-hydrogen) atoms. The Morgan fingerprint density at radius 2 is 1.52 bits per heavy atom. The van der Waals surface area contributed by atoms with Gasteiger partial charge in [0.25, 0.3) is 0 Å². The summed E-state index contributed by atoms with van der Waals surface area (Å²) in [6.07, 6.45) is 2.05. The third-order valence-electron chi connectivity index (χ3n) is 3.33. The predicted octanol–water partition coefficient (Wildman–Crippen LogP) is 5.85. The molecule has 0 saturated heterocycles. The summed E-state index contributed by atoms with van der Waals surface area (Å²) in [5.74, 6) is -6.13. The first-order valence-corrected chi connectivity index (χ1v) is 10.4. The van der Waals surface area contributed by atoms with Crippen molar-refractivity contribution in [3.63, 3.8) is 0 Å². The van der Waals surface area contributed by atoms with Gasteiger partial charge in [0.05, 0.1) is 23.5 Å². The van der Waals surface area contributed by atoms with Crippen LogP contribution in [0.2, 0.25) is 0 Å². The van der Waals surface area contributed by atoms with Crippen molar-refractivity contribution in [1.29, 1.82) is 0 Å². The number of hydrogen-bond donors (Lipinski definition) is 2. The molecule has 0 aliphatic carbocycles. The summed E-state index contributed by atoms with van der Waals surface area (Å²) in [6.45, 7) is 5.74. The van der Waals surface area contributed by atoms with Gasteiger partial charge in [-0.1, -0.05) is 17.9 Å². The average Bonchev–Trinajstić information content (AvgIpc) is 2.63. The molecule has 0 aliphatic rings. The van der Waals surface area contributed by atoms with Gasteiger partial charge in [-0.15, -0.1) is 16.1 Å². The highest BCUT2D eigenvalue weighted by atomic mass is 32.2. The molecule has 1 aromatic carbocycles. The highest BCUT2D eigenvalue weighted by Gasteiger charge is 2.26. The SMILES string of the molecule is CC(C)(C)NC(=O)OCCCCCCSc1c(F)c(F)c(SOOO)c(F)c1F. The molecule has 1 amide bonds. The number of halogens is 4. The van der Waals surface area contributed by atoms with Crippen molar-refractivity contribution >= 4 is 29.9 Å².